The van der Waals surface area contributed by atoms with Crippen molar-refractivity contribution in [2.75, 3.05) is 13.2 Å². The summed E-state index contributed by atoms with van der Waals surface area (Å²) >= 11 is 0. The van der Waals surface area contributed by atoms with E-state index in [1.807, 2.05) is 17.9 Å². The van der Waals surface area contributed by atoms with Crippen molar-refractivity contribution in [3.05, 3.63) is 18.2 Å². The van der Waals surface area contributed by atoms with Crippen LogP contribution >= 0.6 is 0 Å². The van der Waals surface area contributed by atoms with E-state index in [1.165, 1.54) is 19.3 Å². The van der Waals surface area contributed by atoms with Crippen LogP contribution in [-0.4, -0.2) is 28.8 Å². The summed E-state index contributed by atoms with van der Waals surface area (Å²) in [6.45, 7) is 4.15. The number of aromatic nitrogens is 2. The van der Waals surface area contributed by atoms with Crippen molar-refractivity contribution in [1.29, 1.82) is 0 Å². The second kappa shape index (κ2) is 6.90. The summed E-state index contributed by atoms with van der Waals surface area (Å²) in [5.74, 6) is 0. The topological polar surface area (TPSA) is 39.1 Å². The monoisotopic (exact) mass is 251 g/mol. The third kappa shape index (κ3) is 3.82. The second-order valence-electron chi connectivity index (χ2n) is 5.19. The van der Waals surface area contributed by atoms with Gasteiger partial charge >= 0.3 is 0 Å². The lowest BCUT2D eigenvalue weighted by atomic mass is 10.00. The van der Waals surface area contributed by atoms with Gasteiger partial charge in [-0.2, -0.15) is 0 Å². The summed E-state index contributed by atoms with van der Waals surface area (Å²) in [6.07, 6.45) is 10.3. The summed E-state index contributed by atoms with van der Waals surface area (Å²) < 4.78 is 7.85. The molecule has 2 heterocycles. The fraction of sp³-hybridized carbons (Fsp3) is 0.786. The first-order valence-corrected chi connectivity index (χ1v) is 7.12. The van der Waals surface area contributed by atoms with Crippen molar-refractivity contribution in [3.63, 3.8) is 0 Å². The van der Waals surface area contributed by atoms with Crippen molar-refractivity contribution in [2.24, 2.45) is 7.05 Å². The van der Waals surface area contributed by atoms with E-state index in [4.69, 9.17) is 4.74 Å². The zero-order valence-electron chi connectivity index (χ0n) is 11.6. The number of imidazole rings is 1. The Morgan fingerprint density at radius 3 is 3.06 bits per heavy atom. The predicted octanol–water partition coefficient (Wildman–Crippen LogP) is 2.42. The van der Waals surface area contributed by atoms with E-state index >= 15 is 0 Å². The van der Waals surface area contributed by atoms with Gasteiger partial charge in [-0.15, -0.1) is 0 Å². The van der Waals surface area contributed by atoms with Crippen LogP contribution in [-0.2, 0) is 11.8 Å². The van der Waals surface area contributed by atoms with Crippen molar-refractivity contribution in [1.82, 2.24) is 14.9 Å². The van der Waals surface area contributed by atoms with Crippen molar-refractivity contribution >= 4 is 0 Å². The predicted molar refractivity (Wildman–Crippen MR) is 72.5 cm³/mol. The van der Waals surface area contributed by atoms with Crippen molar-refractivity contribution in [2.45, 2.75) is 51.2 Å². The van der Waals surface area contributed by atoms with Gasteiger partial charge in [0.1, 0.15) is 0 Å². The van der Waals surface area contributed by atoms with Crippen LogP contribution < -0.4 is 5.32 Å². The molecule has 4 heteroatoms. The highest BCUT2D eigenvalue weighted by Crippen LogP contribution is 2.23. The van der Waals surface area contributed by atoms with Gasteiger partial charge in [-0.1, -0.05) is 6.92 Å². The molecule has 18 heavy (non-hydrogen) atoms. The molecule has 2 atom stereocenters. The smallest absolute Gasteiger partial charge is 0.0947 e. The Bertz CT molecular complexity index is 345. The SMILES string of the molecule is CCCNC(CC1CCCCO1)c1cn(C)cn1. The summed E-state index contributed by atoms with van der Waals surface area (Å²) in [6, 6.07) is 0.328. The first-order chi connectivity index (χ1) is 8.79. The molecule has 0 aliphatic carbocycles. The molecule has 0 radical (unpaired) electrons. The first-order valence-electron chi connectivity index (χ1n) is 7.12. The quantitative estimate of drug-likeness (QED) is 0.844. The van der Waals surface area contributed by atoms with Gasteiger partial charge in [0.2, 0.25) is 0 Å². The standard InChI is InChI=1S/C14H25N3O/c1-3-7-15-13(14-10-17(2)11-16-14)9-12-6-4-5-8-18-12/h10-13,15H,3-9H2,1-2H3. The highest BCUT2D eigenvalue weighted by molar-refractivity contribution is 5.04. The maximum absolute atomic E-state index is 5.84. The minimum Gasteiger partial charge on any atom is -0.378 e. The molecule has 2 rings (SSSR count). The van der Waals surface area contributed by atoms with Gasteiger partial charge < -0.3 is 14.6 Å². The molecule has 0 bridgehead atoms. The van der Waals surface area contributed by atoms with Gasteiger partial charge in [0.15, 0.2) is 0 Å². The largest absolute Gasteiger partial charge is 0.378 e. The number of aryl methyl sites for hydroxylation is 1. The van der Waals surface area contributed by atoms with Gasteiger partial charge in [0.05, 0.1) is 24.2 Å². The molecule has 1 saturated heterocycles. The zero-order chi connectivity index (χ0) is 12.8. The Hall–Kier alpha value is -0.870. The number of nitrogens with one attached hydrogen (secondary N) is 1. The van der Waals surface area contributed by atoms with Crippen LogP contribution in [0.2, 0.25) is 0 Å². The third-order valence-corrected chi connectivity index (χ3v) is 3.50. The first kappa shape index (κ1) is 13.6. The number of hydrogen-bond acceptors (Lipinski definition) is 3. The molecule has 1 fully saturated rings. The van der Waals surface area contributed by atoms with E-state index in [1.54, 1.807) is 0 Å². The Kier molecular flexibility index (Phi) is 5.20. The van der Waals surface area contributed by atoms with Crippen molar-refractivity contribution in [3.8, 4) is 0 Å². The second-order valence-corrected chi connectivity index (χ2v) is 5.19. The van der Waals surface area contributed by atoms with Crippen LogP contribution in [0.1, 0.15) is 50.8 Å². The Morgan fingerprint density at radius 2 is 2.44 bits per heavy atom. The summed E-state index contributed by atoms with van der Waals surface area (Å²) in [5, 5.41) is 3.59. The normalized spacial score (nSPS) is 22.0. The van der Waals surface area contributed by atoms with Gasteiger partial charge in [-0.25, -0.2) is 4.98 Å². The van der Waals surface area contributed by atoms with E-state index in [0.29, 0.717) is 12.1 Å². The minimum atomic E-state index is 0.328. The molecule has 0 spiro atoms. The number of nitrogens with zero attached hydrogens (tertiary/aromatic N) is 2. The molecule has 1 aliphatic rings. The molecule has 0 amide bonds. The Morgan fingerprint density at radius 1 is 1.56 bits per heavy atom. The average molecular weight is 251 g/mol. The zero-order valence-corrected chi connectivity index (χ0v) is 11.6. The van der Waals surface area contributed by atoms with E-state index in [0.717, 1.165) is 31.7 Å². The molecule has 0 aromatic carbocycles. The summed E-state index contributed by atoms with van der Waals surface area (Å²) in [5.41, 5.74) is 1.14. The fourth-order valence-corrected chi connectivity index (χ4v) is 2.50. The summed E-state index contributed by atoms with van der Waals surface area (Å²) in [7, 11) is 2.02. The van der Waals surface area contributed by atoms with Crippen LogP contribution in [0, 0.1) is 0 Å². The van der Waals surface area contributed by atoms with Crippen molar-refractivity contribution < 1.29 is 4.74 Å². The van der Waals surface area contributed by atoms with Gasteiger partial charge in [-0.05, 0) is 38.6 Å². The minimum absolute atomic E-state index is 0.328. The molecule has 2 unspecified atom stereocenters. The average Bonchev–Trinajstić information content (AvgIpc) is 2.82. The van der Waals surface area contributed by atoms with Crippen LogP contribution in [0.25, 0.3) is 0 Å². The Balaban J connectivity index is 1.95. The van der Waals surface area contributed by atoms with Crippen LogP contribution in [0.3, 0.4) is 0 Å². The molecule has 1 aromatic rings. The number of ether oxygens (including phenoxy) is 1. The van der Waals surface area contributed by atoms with E-state index in [2.05, 4.69) is 23.4 Å². The van der Waals surface area contributed by atoms with Gasteiger partial charge in [0.25, 0.3) is 0 Å². The maximum atomic E-state index is 5.84. The van der Waals surface area contributed by atoms with Gasteiger partial charge in [-0.3, -0.25) is 0 Å². The van der Waals surface area contributed by atoms with E-state index in [-0.39, 0.29) is 0 Å². The molecule has 1 aliphatic heterocycles. The Labute approximate surface area is 110 Å². The lowest BCUT2D eigenvalue weighted by Crippen LogP contribution is -2.29. The maximum Gasteiger partial charge on any atom is 0.0947 e. The molecule has 0 saturated carbocycles. The van der Waals surface area contributed by atoms with E-state index in [9.17, 15) is 0 Å². The lowest BCUT2D eigenvalue weighted by Gasteiger charge is -2.26. The molecular weight excluding hydrogens is 226 g/mol. The molecule has 1 aromatic heterocycles. The number of hydrogen-bond donors (Lipinski definition) is 1. The highest BCUT2D eigenvalue weighted by atomic mass is 16.5. The highest BCUT2D eigenvalue weighted by Gasteiger charge is 2.21. The fourth-order valence-electron chi connectivity index (χ4n) is 2.50. The van der Waals surface area contributed by atoms with Crippen LogP contribution in [0.5, 0.6) is 0 Å². The summed E-state index contributed by atoms with van der Waals surface area (Å²) in [4.78, 5) is 4.48. The lowest BCUT2D eigenvalue weighted by molar-refractivity contribution is 0.00481. The van der Waals surface area contributed by atoms with E-state index < -0.39 is 0 Å². The number of rotatable bonds is 6. The third-order valence-electron chi connectivity index (χ3n) is 3.50. The molecular formula is C14H25N3O. The molecule has 4 nitrogen and oxygen atoms in total. The molecule has 102 valence electrons. The molecule has 1 N–H and O–H groups in total. The van der Waals surface area contributed by atoms with Gasteiger partial charge in [0, 0.05) is 19.9 Å². The van der Waals surface area contributed by atoms with Crippen LogP contribution in [0.15, 0.2) is 12.5 Å². The van der Waals surface area contributed by atoms with Crippen LogP contribution in [0.4, 0.5) is 0 Å².